The van der Waals surface area contributed by atoms with Crippen LogP contribution in [0.25, 0.3) is 16.7 Å². The van der Waals surface area contributed by atoms with E-state index >= 15 is 0 Å². The monoisotopic (exact) mass is 241 g/mol. The number of rotatable bonds is 1. The molecule has 0 bridgehead atoms. The lowest BCUT2D eigenvalue weighted by Crippen LogP contribution is -2.02. The Balaban J connectivity index is 2.36. The second-order valence-electron chi connectivity index (χ2n) is 4.25. The highest BCUT2D eigenvalue weighted by atomic mass is 19.1. The minimum atomic E-state index is -0.316. The summed E-state index contributed by atoms with van der Waals surface area (Å²) in [5.74, 6) is -0.0234. The van der Waals surface area contributed by atoms with Gasteiger partial charge in [-0.25, -0.2) is 9.37 Å². The van der Waals surface area contributed by atoms with Crippen molar-refractivity contribution in [1.82, 2.24) is 9.55 Å². The van der Waals surface area contributed by atoms with E-state index in [0.29, 0.717) is 11.6 Å². The van der Waals surface area contributed by atoms with Crippen LogP contribution < -0.4 is 5.73 Å². The van der Waals surface area contributed by atoms with E-state index in [2.05, 4.69) is 4.98 Å². The van der Waals surface area contributed by atoms with Crippen molar-refractivity contribution >= 4 is 17.0 Å². The number of nitrogens with two attached hydrogens (primary N) is 1. The summed E-state index contributed by atoms with van der Waals surface area (Å²) in [6, 6.07) is 12.3. The molecule has 3 aromatic rings. The van der Waals surface area contributed by atoms with E-state index in [1.165, 1.54) is 6.07 Å². The maximum absolute atomic E-state index is 13.8. The molecule has 1 aromatic heterocycles. The zero-order valence-corrected chi connectivity index (χ0v) is 9.89. The molecule has 0 spiro atoms. The summed E-state index contributed by atoms with van der Waals surface area (Å²) in [5, 5.41) is 0. The average molecular weight is 241 g/mol. The van der Waals surface area contributed by atoms with Crippen LogP contribution in [0.3, 0.4) is 0 Å². The zero-order valence-electron chi connectivity index (χ0n) is 9.89. The molecule has 0 atom stereocenters. The number of nitrogens with zero attached hydrogens (tertiary/aromatic N) is 2. The van der Waals surface area contributed by atoms with E-state index in [-0.39, 0.29) is 5.82 Å². The van der Waals surface area contributed by atoms with Gasteiger partial charge >= 0.3 is 0 Å². The second-order valence-corrected chi connectivity index (χ2v) is 4.25. The predicted octanol–water partition coefficient (Wildman–Crippen LogP) is 3.06. The van der Waals surface area contributed by atoms with E-state index in [4.69, 9.17) is 5.73 Å². The molecule has 0 unspecified atom stereocenters. The summed E-state index contributed by atoms with van der Waals surface area (Å²) >= 11 is 0. The summed E-state index contributed by atoms with van der Waals surface area (Å²) in [4.78, 5) is 4.27. The number of fused-ring (bicyclic) bond motifs is 1. The van der Waals surface area contributed by atoms with Gasteiger partial charge in [-0.2, -0.15) is 0 Å². The van der Waals surface area contributed by atoms with E-state index in [1.54, 1.807) is 22.8 Å². The maximum atomic E-state index is 13.8. The first kappa shape index (κ1) is 10.8. The Morgan fingerprint density at radius 2 is 1.94 bits per heavy atom. The number of hydrogen-bond acceptors (Lipinski definition) is 2. The molecule has 4 heteroatoms. The highest BCUT2D eigenvalue weighted by molar-refractivity contribution is 5.81. The van der Waals surface area contributed by atoms with Gasteiger partial charge in [-0.3, -0.25) is 4.57 Å². The number of anilines is 1. The average Bonchev–Trinajstić information content (AvgIpc) is 2.65. The third kappa shape index (κ3) is 1.54. The molecular weight excluding hydrogens is 229 g/mol. The molecule has 90 valence electrons. The largest absolute Gasteiger partial charge is 0.369 e. The summed E-state index contributed by atoms with van der Waals surface area (Å²) < 4.78 is 15.5. The third-order valence-corrected chi connectivity index (χ3v) is 2.93. The molecule has 3 rings (SSSR count). The zero-order chi connectivity index (χ0) is 12.7. The second kappa shape index (κ2) is 3.84. The minimum Gasteiger partial charge on any atom is -0.369 e. The molecule has 0 saturated carbocycles. The Morgan fingerprint density at radius 3 is 2.72 bits per heavy atom. The fourth-order valence-electron chi connectivity index (χ4n) is 2.10. The molecule has 2 N–H and O–H groups in total. The lowest BCUT2D eigenvalue weighted by Gasteiger charge is -2.07. The van der Waals surface area contributed by atoms with Gasteiger partial charge in [0.25, 0.3) is 0 Å². The molecule has 0 aliphatic heterocycles. The smallest absolute Gasteiger partial charge is 0.206 e. The molecule has 18 heavy (non-hydrogen) atoms. The fraction of sp³-hybridized carbons (Fsp3) is 0.0714. The van der Waals surface area contributed by atoms with Crippen LogP contribution in [0.1, 0.15) is 5.56 Å². The van der Waals surface area contributed by atoms with Gasteiger partial charge in [0.05, 0.1) is 16.7 Å². The van der Waals surface area contributed by atoms with Gasteiger partial charge in [0.15, 0.2) is 0 Å². The third-order valence-electron chi connectivity index (χ3n) is 2.93. The standard InChI is InChI=1S/C14H12FN3/c1-9-6-7-13-11(8-9)17-14(16)18(13)12-5-3-2-4-10(12)15/h2-8H,1H3,(H2,16,17). The predicted molar refractivity (Wildman–Crippen MR) is 70.2 cm³/mol. The van der Waals surface area contributed by atoms with Gasteiger partial charge in [-0.15, -0.1) is 0 Å². The molecule has 0 radical (unpaired) electrons. The summed E-state index contributed by atoms with van der Waals surface area (Å²) in [6.07, 6.45) is 0. The number of para-hydroxylation sites is 1. The first-order valence-electron chi connectivity index (χ1n) is 5.66. The Kier molecular flexibility index (Phi) is 2.30. The van der Waals surface area contributed by atoms with Crippen molar-refractivity contribution < 1.29 is 4.39 Å². The molecule has 0 amide bonds. The van der Waals surface area contributed by atoms with Crippen LogP contribution in [0.4, 0.5) is 10.3 Å². The maximum Gasteiger partial charge on any atom is 0.206 e. The van der Waals surface area contributed by atoms with Crippen LogP contribution in [-0.4, -0.2) is 9.55 Å². The minimum absolute atomic E-state index is 0.292. The summed E-state index contributed by atoms with van der Waals surface area (Å²) in [5.41, 5.74) is 8.99. The Morgan fingerprint density at radius 1 is 1.17 bits per heavy atom. The molecular formula is C14H12FN3. The van der Waals surface area contributed by atoms with Crippen LogP contribution in [-0.2, 0) is 0 Å². The normalized spacial score (nSPS) is 11.0. The van der Waals surface area contributed by atoms with E-state index in [9.17, 15) is 4.39 Å². The van der Waals surface area contributed by atoms with Gasteiger partial charge in [0, 0.05) is 0 Å². The van der Waals surface area contributed by atoms with Gasteiger partial charge in [0.1, 0.15) is 5.82 Å². The first-order valence-corrected chi connectivity index (χ1v) is 5.66. The Hall–Kier alpha value is -2.36. The van der Waals surface area contributed by atoms with E-state index < -0.39 is 0 Å². The number of benzene rings is 2. The van der Waals surface area contributed by atoms with Crippen LogP contribution in [0.15, 0.2) is 42.5 Å². The van der Waals surface area contributed by atoms with Crippen molar-refractivity contribution in [2.24, 2.45) is 0 Å². The van der Waals surface area contributed by atoms with E-state index in [1.807, 2.05) is 25.1 Å². The molecule has 0 fully saturated rings. The molecule has 1 heterocycles. The SMILES string of the molecule is Cc1ccc2c(c1)nc(N)n2-c1ccccc1F. The topological polar surface area (TPSA) is 43.8 Å². The Labute approximate surface area is 104 Å². The summed E-state index contributed by atoms with van der Waals surface area (Å²) in [6.45, 7) is 1.98. The van der Waals surface area contributed by atoms with Crippen LogP contribution in [0, 0.1) is 12.7 Å². The lowest BCUT2D eigenvalue weighted by atomic mass is 10.2. The van der Waals surface area contributed by atoms with Crippen molar-refractivity contribution in [2.45, 2.75) is 6.92 Å². The van der Waals surface area contributed by atoms with Crippen molar-refractivity contribution in [1.29, 1.82) is 0 Å². The molecule has 0 aliphatic carbocycles. The van der Waals surface area contributed by atoms with Crippen LogP contribution in [0.5, 0.6) is 0 Å². The van der Waals surface area contributed by atoms with Crippen LogP contribution in [0.2, 0.25) is 0 Å². The number of nitrogen functional groups attached to an aromatic ring is 1. The number of aryl methyl sites for hydroxylation is 1. The van der Waals surface area contributed by atoms with Gasteiger partial charge in [-0.05, 0) is 36.8 Å². The first-order chi connectivity index (χ1) is 8.66. The molecule has 2 aromatic carbocycles. The van der Waals surface area contributed by atoms with Gasteiger partial charge in [0.2, 0.25) is 5.95 Å². The lowest BCUT2D eigenvalue weighted by molar-refractivity contribution is 0.620. The van der Waals surface area contributed by atoms with Crippen molar-refractivity contribution in [3.63, 3.8) is 0 Å². The summed E-state index contributed by atoms with van der Waals surface area (Å²) in [7, 11) is 0. The number of aromatic nitrogens is 2. The molecule has 0 saturated heterocycles. The fourth-order valence-corrected chi connectivity index (χ4v) is 2.10. The quantitative estimate of drug-likeness (QED) is 0.711. The highest BCUT2D eigenvalue weighted by Gasteiger charge is 2.12. The van der Waals surface area contributed by atoms with E-state index in [0.717, 1.165) is 16.6 Å². The number of hydrogen-bond donors (Lipinski definition) is 1. The van der Waals surface area contributed by atoms with Crippen LogP contribution >= 0.6 is 0 Å². The number of imidazole rings is 1. The van der Waals surface area contributed by atoms with Crippen molar-refractivity contribution in [2.75, 3.05) is 5.73 Å². The molecule has 3 nitrogen and oxygen atoms in total. The number of halogens is 1. The molecule has 0 aliphatic rings. The Bertz CT molecular complexity index is 731. The van der Waals surface area contributed by atoms with Gasteiger partial charge < -0.3 is 5.73 Å². The van der Waals surface area contributed by atoms with Crippen molar-refractivity contribution in [3.05, 3.63) is 53.8 Å². The van der Waals surface area contributed by atoms with Crippen molar-refractivity contribution in [3.8, 4) is 5.69 Å². The van der Waals surface area contributed by atoms with Gasteiger partial charge in [-0.1, -0.05) is 18.2 Å². The highest BCUT2D eigenvalue weighted by Crippen LogP contribution is 2.25.